The number of amides is 1. The molecular weight excluding hydrogens is 198 g/mol. The van der Waals surface area contributed by atoms with Gasteiger partial charge in [0.1, 0.15) is 0 Å². The molecule has 0 bridgehead atoms. The second-order valence-corrected chi connectivity index (χ2v) is 3.08. The number of nitrogens with zero attached hydrogens (tertiary/aromatic N) is 1. The summed E-state index contributed by atoms with van der Waals surface area (Å²) in [7, 11) is 1.83. The van der Waals surface area contributed by atoms with Gasteiger partial charge in [-0.2, -0.15) is 0 Å². The number of carbonyl (C=O) groups excluding carboxylic acids is 1. The van der Waals surface area contributed by atoms with E-state index < -0.39 is 0 Å². The molecule has 0 radical (unpaired) electrons. The van der Waals surface area contributed by atoms with Crippen molar-refractivity contribution in [3.63, 3.8) is 0 Å². The van der Waals surface area contributed by atoms with Gasteiger partial charge in [-0.1, -0.05) is 45.9 Å². The Hall–Kier alpha value is -1.31. The van der Waals surface area contributed by atoms with Crippen molar-refractivity contribution in [3.05, 3.63) is 29.8 Å². The highest BCUT2D eigenvalue weighted by Crippen LogP contribution is 2.25. The van der Waals surface area contributed by atoms with Gasteiger partial charge in [-0.3, -0.25) is 4.79 Å². The van der Waals surface area contributed by atoms with Gasteiger partial charge in [0.15, 0.2) is 0 Å². The largest absolute Gasteiger partial charge is 0.315 e. The van der Waals surface area contributed by atoms with Crippen LogP contribution in [0.4, 0.5) is 5.69 Å². The van der Waals surface area contributed by atoms with E-state index >= 15 is 0 Å². The van der Waals surface area contributed by atoms with E-state index in [1.54, 1.807) is 4.90 Å². The minimum Gasteiger partial charge on any atom is -0.315 e. The molecule has 1 aliphatic heterocycles. The van der Waals surface area contributed by atoms with E-state index in [1.165, 1.54) is 5.56 Å². The maximum Gasteiger partial charge on any atom is 0.227 e. The molecule has 0 spiro atoms. The molecular formula is C14H23NO. The van der Waals surface area contributed by atoms with Crippen LogP contribution in [0.25, 0.3) is 0 Å². The standard InChI is InChI=1S/C10H11NO.2C2H6/c1-11-9-5-3-2-4-8(9)6-7-10(11)12;2*1-2/h2-5H,6-7H2,1H3;2*1-2H3. The smallest absolute Gasteiger partial charge is 0.227 e. The fourth-order valence-corrected chi connectivity index (χ4v) is 1.59. The van der Waals surface area contributed by atoms with Crippen LogP contribution in [0, 0.1) is 0 Å². The molecule has 2 rings (SSSR count). The molecule has 0 unspecified atom stereocenters. The maximum atomic E-state index is 11.3. The Morgan fingerprint density at radius 3 is 2.19 bits per heavy atom. The first kappa shape index (κ1) is 14.7. The lowest BCUT2D eigenvalue weighted by Gasteiger charge is -2.25. The van der Waals surface area contributed by atoms with Crippen molar-refractivity contribution in [3.8, 4) is 0 Å². The van der Waals surface area contributed by atoms with Crippen LogP contribution in [0.5, 0.6) is 0 Å². The van der Waals surface area contributed by atoms with Crippen LogP contribution in [0.1, 0.15) is 39.7 Å². The van der Waals surface area contributed by atoms with Gasteiger partial charge in [0.25, 0.3) is 0 Å². The number of para-hydroxylation sites is 1. The zero-order chi connectivity index (χ0) is 12.6. The Labute approximate surface area is 99.3 Å². The summed E-state index contributed by atoms with van der Waals surface area (Å²) in [6.45, 7) is 8.00. The lowest BCUT2D eigenvalue weighted by atomic mass is 10.0. The van der Waals surface area contributed by atoms with Crippen molar-refractivity contribution in [2.45, 2.75) is 40.5 Å². The van der Waals surface area contributed by atoms with Crippen LogP contribution in [0.15, 0.2) is 24.3 Å². The van der Waals surface area contributed by atoms with Crippen molar-refractivity contribution in [1.29, 1.82) is 0 Å². The lowest BCUT2D eigenvalue weighted by Crippen LogP contribution is -2.30. The molecule has 0 aliphatic carbocycles. The van der Waals surface area contributed by atoms with Gasteiger partial charge >= 0.3 is 0 Å². The molecule has 0 aromatic heterocycles. The summed E-state index contributed by atoms with van der Waals surface area (Å²) in [6.07, 6.45) is 1.53. The van der Waals surface area contributed by atoms with Crippen LogP contribution in [0.2, 0.25) is 0 Å². The molecule has 1 aromatic rings. The Kier molecular flexibility index (Phi) is 7.27. The first-order chi connectivity index (χ1) is 7.79. The summed E-state index contributed by atoms with van der Waals surface area (Å²) < 4.78 is 0. The van der Waals surface area contributed by atoms with E-state index in [-0.39, 0.29) is 5.91 Å². The van der Waals surface area contributed by atoms with Gasteiger partial charge in [0.2, 0.25) is 5.91 Å². The van der Waals surface area contributed by atoms with Gasteiger partial charge in [0, 0.05) is 19.2 Å². The Morgan fingerprint density at radius 2 is 1.56 bits per heavy atom. The third kappa shape index (κ3) is 3.37. The van der Waals surface area contributed by atoms with Crippen molar-refractivity contribution >= 4 is 11.6 Å². The maximum absolute atomic E-state index is 11.3. The van der Waals surface area contributed by atoms with Gasteiger partial charge in [-0.05, 0) is 18.1 Å². The molecule has 2 heteroatoms. The zero-order valence-electron chi connectivity index (χ0n) is 11.1. The number of fused-ring (bicyclic) bond motifs is 1. The number of anilines is 1. The van der Waals surface area contributed by atoms with E-state index in [4.69, 9.17) is 0 Å². The number of hydrogen-bond donors (Lipinski definition) is 0. The SMILES string of the molecule is CC.CC.CN1C(=O)CCc2ccccc21. The summed E-state index contributed by atoms with van der Waals surface area (Å²) in [4.78, 5) is 13.0. The second kappa shape index (κ2) is 7.91. The van der Waals surface area contributed by atoms with Gasteiger partial charge in [0.05, 0.1) is 0 Å². The predicted octanol–water partition coefficient (Wildman–Crippen LogP) is 3.65. The van der Waals surface area contributed by atoms with Crippen molar-refractivity contribution in [2.24, 2.45) is 0 Å². The number of carbonyl (C=O) groups is 1. The summed E-state index contributed by atoms with van der Waals surface area (Å²) in [6, 6.07) is 8.06. The fraction of sp³-hybridized carbons (Fsp3) is 0.500. The molecule has 1 aliphatic rings. The number of benzene rings is 1. The molecule has 0 N–H and O–H groups in total. The Morgan fingerprint density at radius 1 is 1.00 bits per heavy atom. The highest BCUT2D eigenvalue weighted by atomic mass is 16.2. The van der Waals surface area contributed by atoms with Gasteiger partial charge in [-0.25, -0.2) is 0 Å². The summed E-state index contributed by atoms with van der Waals surface area (Å²) in [5.74, 6) is 0.216. The minimum atomic E-state index is 0.216. The first-order valence-electron chi connectivity index (χ1n) is 6.13. The van der Waals surface area contributed by atoms with Crippen molar-refractivity contribution in [2.75, 3.05) is 11.9 Å². The van der Waals surface area contributed by atoms with Crippen LogP contribution in [0.3, 0.4) is 0 Å². The monoisotopic (exact) mass is 221 g/mol. The summed E-state index contributed by atoms with van der Waals surface area (Å²) in [5.41, 5.74) is 2.34. The van der Waals surface area contributed by atoms with Crippen LogP contribution >= 0.6 is 0 Å². The van der Waals surface area contributed by atoms with Gasteiger partial charge < -0.3 is 4.90 Å². The number of aryl methyl sites for hydroxylation is 1. The Balaban J connectivity index is 0.000000509. The third-order valence-corrected chi connectivity index (χ3v) is 2.34. The second-order valence-electron chi connectivity index (χ2n) is 3.08. The topological polar surface area (TPSA) is 20.3 Å². The van der Waals surface area contributed by atoms with E-state index in [9.17, 15) is 4.79 Å². The minimum absolute atomic E-state index is 0.216. The molecule has 16 heavy (non-hydrogen) atoms. The molecule has 90 valence electrons. The third-order valence-electron chi connectivity index (χ3n) is 2.34. The van der Waals surface area contributed by atoms with Crippen LogP contribution in [-0.4, -0.2) is 13.0 Å². The average molecular weight is 221 g/mol. The van der Waals surface area contributed by atoms with E-state index in [0.29, 0.717) is 6.42 Å². The highest BCUT2D eigenvalue weighted by Gasteiger charge is 2.19. The molecule has 0 saturated carbocycles. The first-order valence-corrected chi connectivity index (χ1v) is 6.13. The van der Waals surface area contributed by atoms with Crippen molar-refractivity contribution in [1.82, 2.24) is 0 Å². The van der Waals surface area contributed by atoms with Crippen LogP contribution < -0.4 is 4.90 Å². The molecule has 1 aromatic carbocycles. The lowest BCUT2D eigenvalue weighted by molar-refractivity contribution is -0.118. The molecule has 0 atom stereocenters. The molecule has 2 nitrogen and oxygen atoms in total. The van der Waals surface area contributed by atoms with Crippen molar-refractivity contribution < 1.29 is 4.79 Å². The predicted molar refractivity (Wildman–Crippen MR) is 70.9 cm³/mol. The summed E-state index contributed by atoms with van der Waals surface area (Å²) in [5, 5.41) is 0. The normalized spacial score (nSPS) is 12.8. The number of hydrogen-bond acceptors (Lipinski definition) is 1. The summed E-state index contributed by atoms with van der Waals surface area (Å²) >= 11 is 0. The van der Waals surface area contributed by atoms with Crippen LogP contribution in [-0.2, 0) is 11.2 Å². The zero-order valence-corrected chi connectivity index (χ0v) is 11.1. The van der Waals surface area contributed by atoms with E-state index in [0.717, 1.165) is 12.1 Å². The molecule has 1 amide bonds. The van der Waals surface area contributed by atoms with E-state index in [2.05, 4.69) is 6.07 Å². The molecule has 0 saturated heterocycles. The number of rotatable bonds is 0. The average Bonchev–Trinajstić information content (AvgIpc) is 2.39. The fourth-order valence-electron chi connectivity index (χ4n) is 1.59. The Bertz CT molecular complexity index is 320. The van der Waals surface area contributed by atoms with E-state index in [1.807, 2.05) is 52.9 Å². The molecule has 1 heterocycles. The highest BCUT2D eigenvalue weighted by molar-refractivity contribution is 5.95. The quantitative estimate of drug-likeness (QED) is 0.655. The van der Waals surface area contributed by atoms with Gasteiger partial charge in [-0.15, -0.1) is 0 Å². The molecule has 0 fully saturated rings.